The molecule has 1 aliphatic heterocycles. The zero-order valence-corrected chi connectivity index (χ0v) is 9.86. The molecule has 5 nitrogen and oxygen atoms in total. The van der Waals surface area contributed by atoms with Crippen molar-refractivity contribution in [2.24, 2.45) is 11.7 Å². The van der Waals surface area contributed by atoms with Crippen molar-refractivity contribution >= 4 is 5.91 Å². The third kappa shape index (κ3) is 3.77. The molecule has 5 heteroatoms. The van der Waals surface area contributed by atoms with Crippen LogP contribution in [0.15, 0.2) is 0 Å². The van der Waals surface area contributed by atoms with Crippen molar-refractivity contribution in [1.29, 1.82) is 0 Å². The molecule has 3 N–H and O–H groups in total. The van der Waals surface area contributed by atoms with Gasteiger partial charge in [-0.3, -0.25) is 10.2 Å². The second-order valence-electron chi connectivity index (χ2n) is 4.56. The van der Waals surface area contributed by atoms with Gasteiger partial charge in [0.15, 0.2) is 0 Å². The van der Waals surface area contributed by atoms with E-state index >= 15 is 0 Å². The summed E-state index contributed by atoms with van der Waals surface area (Å²) < 4.78 is 0. The normalized spacial score (nSPS) is 25.3. The number of likely N-dealkylation sites (tertiary alicyclic amines) is 1. The van der Waals surface area contributed by atoms with Crippen LogP contribution in [-0.4, -0.2) is 56.1 Å². The summed E-state index contributed by atoms with van der Waals surface area (Å²) in [4.78, 5) is 13.9. The van der Waals surface area contributed by atoms with E-state index in [-0.39, 0.29) is 11.8 Å². The second kappa shape index (κ2) is 5.44. The van der Waals surface area contributed by atoms with Crippen molar-refractivity contribution in [1.82, 2.24) is 15.3 Å². The van der Waals surface area contributed by atoms with Crippen molar-refractivity contribution < 1.29 is 4.79 Å². The Labute approximate surface area is 91.6 Å². The van der Waals surface area contributed by atoms with Gasteiger partial charge in [0.25, 0.3) is 5.91 Å². The van der Waals surface area contributed by atoms with Gasteiger partial charge in [0, 0.05) is 20.6 Å². The Kier molecular flexibility index (Phi) is 4.50. The van der Waals surface area contributed by atoms with E-state index in [0.29, 0.717) is 0 Å². The van der Waals surface area contributed by atoms with E-state index < -0.39 is 6.04 Å². The van der Waals surface area contributed by atoms with Crippen LogP contribution in [0.25, 0.3) is 0 Å². The van der Waals surface area contributed by atoms with Gasteiger partial charge < -0.3 is 10.6 Å². The molecule has 0 spiro atoms. The topological polar surface area (TPSA) is 61.6 Å². The zero-order valence-electron chi connectivity index (χ0n) is 9.86. The smallest absolute Gasteiger partial charge is 0.251 e. The molecule has 1 aliphatic rings. The standard InChI is InChI=1S/C10H22N4O/c1-13(2)12-10(15)9(11)8-5-4-6-14(3)7-8/h8-9H,4-7,11H2,1-3H3,(H,12,15). The highest BCUT2D eigenvalue weighted by Gasteiger charge is 2.28. The highest BCUT2D eigenvalue weighted by atomic mass is 16.2. The predicted octanol–water partition coefficient (Wildman–Crippen LogP) is -0.752. The van der Waals surface area contributed by atoms with Crippen molar-refractivity contribution in [3.05, 3.63) is 0 Å². The number of nitrogens with one attached hydrogen (secondary N) is 1. The van der Waals surface area contributed by atoms with Gasteiger partial charge in [0.2, 0.25) is 0 Å². The number of carbonyl (C=O) groups is 1. The molecule has 1 fully saturated rings. The van der Waals surface area contributed by atoms with E-state index in [0.717, 1.165) is 25.9 Å². The number of rotatable bonds is 3. The Bertz CT molecular complexity index is 219. The first-order valence-electron chi connectivity index (χ1n) is 5.42. The lowest BCUT2D eigenvalue weighted by Crippen LogP contribution is -2.53. The third-order valence-electron chi connectivity index (χ3n) is 2.81. The maximum absolute atomic E-state index is 11.7. The molecule has 0 radical (unpaired) electrons. The summed E-state index contributed by atoms with van der Waals surface area (Å²) in [5.41, 5.74) is 8.64. The van der Waals surface area contributed by atoms with Crippen molar-refractivity contribution in [3.8, 4) is 0 Å². The number of hydrogen-bond acceptors (Lipinski definition) is 4. The molecule has 0 saturated carbocycles. The van der Waals surface area contributed by atoms with Crippen molar-refractivity contribution in [2.75, 3.05) is 34.2 Å². The van der Waals surface area contributed by atoms with Crippen molar-refractivity contribution in [2.45, 2.75) is 18.9 Å². The van der Waals surface area contributed by atoms with Gasteiger partial charge in [0.1, 0.15) is 0 Å². The first-order valence-corrected chi connectivity index (χ1v) is 5.42. The van der Waals surface area contributed by atoms with E-state index in [9.17, 15) is 4.79 Å². The van der Waals surface area contributed by atoms with Crippen LogP contribution in [0.5, 0.6) is 0 Å². The molecule has 0 aliphatic carbocycles. The minimum Gasteiger partial charge on any atom is -0.320 e. The molecule has 1 amide bonds. The Hall–Kier alpha value is -0.650. The number of piperidine rings is 1. The van der Waals surface area contributed by atoms with Gasteiger partial charge in [-0.15, -0.1) is 0 Å². The molecule has 0 aromatic carbocycles. The van der Waals surface area contributed by atoms with E-state index in [1.165, 1.54) is 0 Å². The fraction of sp³-hybridized carbons (Fsp3) is 0.900. The summed E-state index contributed by atoms with van der Waals surface area (Å²) in [6, 6.07) is -0.393. The molecule has 1 heterocycles. The highest BCUT2D eigenvalue weighted by molar-refractivity contribution is 5.81. The largest absolute Gasteiger partial charge is 0.320 e. The van der Waals surface area contributed by atoms with Crippen LogP contribution in [-0.2, 0) is 4.79 Å². The van der Waals surface area contributed by atoms with Gasteiger partial charge in [0.05, 0.1) is 6.04 Å². The molecule has 15 heavy (non-hydrogen) atoms. The van der Waals surface area contributed by atoms with Crippen LogP contribution >= 0.6 is 0 Å². The zero-order chi connectivity index (χ0) is 11.4. The molecule has 88 valence electrons. The first kappa shape index (κ1) is 12.4. The Morgan fingerprint density at radius 3 is 2.80 bits per heavy atom. The lowest BCUT2D eigenvalue weighted by molar-refractivity contribution is -0.127. The van der Waals surface area contributed by atoms with Crippen LogP contribution in [0.3, 0.4) is 0 Å². The van der Waals surface area contributed by atoms with Gasteiger partial charge in [-0.05, 0) is 32.4 Å². The summed E-state index contributed by atoms with van der Waals surface area (Å²) in [5, 5.41) is 1.63. The van der Waals surface area contributed by atoms with E-state index in [1.807, 2.05) is 0 Å². The molecule has 0 aromatic heterocycles. The van der Waals surface area contributed by atoms with E-state index in [4.69, 9.17) is 5.73 Å². The quantitative estimate of drug-likeness (QED) is 0.607. The number of nitrogens with two attached hydrogens (primary N) is 1. The number of nitrogens with zero attached hydrogens (tertiary/aromatic N) is 2. The second-order valence-corrected chi connectivity index (χ2v) is 4.56. The van der Waals surface area contributed by atoms with E-state index in [2.05, 4.69) is 17.4 Å². The lowest BCUT2D eigenvalue weighted by Gasteiger charge is -2.33. The Morgan fingerprint density at radius 2 is 2.27 bits per heavy atom. The minimum atomic E-state index is -0.393. The van der Waals surface area contributed by atoms with E-state index in [1.54, 1.807) is 19.1 Å². The molecule has 1 saturated heterocycles. The Balaban J connectivity index is 2.44. The third-order valence-corrected chi connectivity index (χ3v) is 2.81. The van der Waals surface area contributed by atoms with Crippen LogP contribution in [0.1, 0.15) is 12.8 Å². The SMILES string of the molecule is CN1CCCC(C(N)C(=O)NN(C)C)C1. The highest BCUT2D eigenvalue weighted by Crippen LogP contribution is 2.17. The summed E-state index contributed by atoms with van der Waals surface area (Å²) in [6.45, 7) is 2.03. The molecule has 2 atom stereocenters. The molecule has 2 unspecified atom stereocenters. The van der Waals surface area contributed by atoms with Gasteiger partial charge >= 0.3 is 0 Å². The number of carbonyl (C=O) groups excluding carboxylic acids is 1. The molecular weight excluding hydrogens is 192 g/mol. The number of hydrogen-bond donors (Lipinski definition) is 2. The summed E-state index contributed by atoms with van der Waals surface area (Å²) in [7, 11) is 5.65. The van der Waals surface area contributed by atoms with Crippen LogP contribution in [0, 0.1) is 5.92 Å². The maximum Gasteiger partial charge on any atom is 0.251 e. The van der Waals surface area contributed by atoms with Crippen LogP contribution in [0.2, 0.25) is 0 Å². The number of hydrazine groups is 1. The predicted molar refractivity (Wildman–Crippen MR) is 60.0 cm³/mol. The van der Waals surface area contributed by atoms with Crippen LogP contribution < -0.4 is 11.2 Å². The summed E-state index contributed by atoms with van der Waals surface area (Å²) in [5.74, 6) is 0.198. The minimum absolute atomic E-state index is 0.0831. The average Bonchev–Trinajstić information content (AvgIpc) is 2.15. The fourth-order valence-electron chi connectivity index (χ4n) is 2.01. The fourth-order valence-corrected chi connectivity index (χ4v) is 2.01. The lowest BCUT2D eigenvalue weighted by atomic mass is 9.91. The number of amides is 1. The summed E-state index contributed by atoms with van der Waals surface area (Å²) >= 11 is 0. The Morgan fingerprint density at radius 1 is 1.60 bits per heavy atom. The molecule has 0 bridgehead atoms. The molecule has 1 rings (SSSR count). The average molecular weight is 214 g/mol. The van der Waals surface area contributed by atoms with Crippen molar-refractivity contribution in [3.63, 3.8) is 0 Å². The van der Waals surface area contributed by atoms with Gasteiger partial charge in [-0.1, -0.05) is 0 Å². The van der Waals surface area contributed by atoms with Gasteiger partial charge in [-0.2, -0.15) is 0 Å². The first-order chi connectivity index (χ1) is 7.00. The monoisotopic (exact) mass is 214 g/mol. The van der Waals surface area contributed by atoms with Gasteiger partial charge in [-0.25, -0.2) is 5.01 Å². The molecule has 0 aromatic rings. The summed E-state index contributed by atoms with van der Waals surface area (Å²) in [6.07, 6.45) is 2.18. The maximum atomic E-state index is 11.7. The molecular formula is C10H22N4O. The van der Waals surface area contributed by atoms with Crippen LogP contribution in [0.4, 0.5) is 0 Å².